The van der Waals surface area contributed by atoms with Gasteiger partial charge in [0.2, 0.25) is 0 Å². The fourth-order valence-corrected chi connectivity index (χ4v) is 1.86. The molecule has 74 valence electrons. The van der Waals surface area contributed by atoms with E-state index < -0.39 is 26.1 Å². The summed E-state index contributed by atoms with van der Waals surface area (Å²) < 4.78 is 46.8. The van der Waals surface area contributed by atoms with Crippen LogP contribution in [0.4, 0.5) is 8.78 Å². The zero-order chi connectivity index (χ0) is 10.2. The quantitative estimate of drug-likeness (QED) is 0.720. The van der Waals surface area contributed by atoms with Crippen molar-refractivity contribution in [1.82, 2.24) is 9.78 Å². The summed E-state index contributed by atoms with van der Waals surface area (Å²) in [7, 11) is 1.97. The average molecular weight is 231 g/mol. The van der Waals surface area contributed by atoms with Crippen LogP contribution in [0.3, 0.4) is 0 Å². The Hall–Kier alpha value is -0.690. The monoisotopic (exact) mass is 230 g/mol. The molecule has 1 aromatic heterocycles. The highest BCUT2D eigenvalue weighted by molar-refractivity contribution is 8.13. The zero-order valence-corrected chi connectivity index (χ0v) is 7.98. The largest absolute Gasteiger partial charge is 0.281 e. The Balaban J connectivity index is 3.40. The standard InChI is InChI=1S/C5H5ClF2N2O2S/c1-10-4(5(7)8)3(2-9-10)13(6,11)12/h2,5H,1H3. The van der Waals surface area contributed by atoms with Gasteiger partial charge in [-0.1, -0.05) is 0 Å². The highest BCUT2D eigenvalue weighted by atomic mass is 35.7. The second-order valence-electron chi connectivity index (χ2n) is 2.26. The number of aromatic nitrogens is 2. The van der Waals surface area contributed by atoms with Crippen molar-refractivity contribution in [3.05, 3.63) is 11.9 Å². The van der Waals surface area contributed by atoms with Crippen LogP contribution in [0.15, 0.2) is 11.1 Å². The summed E-state index contributed by atoms with van der Waals surface area (Å²) in [6.45, 7) is 0. The molecule has 1 heterocycles. The van der Waals surface area contributed by atoms with E-state index in [2.05, 4.69) is 5.10 Å². The molecule has 0 radical (unpaired) electrons. The first-order chi connectivity index (χ1) is 5.84. The lowest BCUT2D eigenvalue weighted by Gasteiger charge is -2.01. The molecule has 0 amide bonds. The molecule has 0 spiro atoms. The van der Waals surface area contributed by atoms with Crippen molar-refractivity contribution in [3.8, 4) is 0 Å². The molecular weight excluding hydrogens is 226 g/mol. The van der Waals surface area contributed by atoms with Gasteiger partial charge in [-0.05, 0) is 0 Å². The molecule has 8 heteroatoms. The van der Waals surface area contributed by atoms with E-state index in [1.165, 1.54) is 7.05 Å². The maximum Gasteiger partial charge on any atom is 0.281 e. The van der Waals surface area contributed by atoms with Gasteiger partial charge in [0.05, 0.1) is 6.20 Å². The molecule has 0 unspecified atom stereocenters. The topological polar surface area (TPSA) is 52.0 Å². The Bertz CT molecular complexity index is 414. The molecule has 0 aliphatic rings. The number of rotatable bonds is 2. The summed E-state index contributed by atoms with van der Waals surface area (Å²) in [5, 5.41) is 3.38. The molecule has 0 N–H and O–H groups in total. The SMILES string of the molecule is Cn1ncc(S(=O)(=O)Cl)c1C(F)F. The van der Waals surface area contributed by atoms with Crippen LogP contribution in [0.1, 0.15) is 12.1 Å². The first kappa shape index (κ1) is 10.4. The van der Waals surface area contributed by atoms with E-state index in [1.54, 1.807) is 0 Å². The third-order valence-electron chi connectivity index (χ3n) is 1.42. The average Bonchev–Trinajstić information content (AvgIpc) is 2.28. The van der Waals surface area contributed by atoms with E-state index in [1.807, 2.05) is 0 Å². The molecule has 1 aromatic rings. The predicted octanol–water partition coefficient (Wildman–Crippen LogP) is 1.29. The van der Waals surface area contributed by atoms with Crippen LogP contribution >= 0.6 is 10.7 Å². The highest BCUT2D eigenvalue weighted by Crippen LogP contribution is 2.27. The molecule has 0 fully saturated rings. The fourth-order valence-electron chi connectivity index (χ4n) is 0.863. The van der Waals surface area contributed by atoms with Gasteiger partial charge in [-0.2, -0.15) is 5.10 Å². The van der Waals surface area contributed by atoms with Gasteiger partial charge in [0.1, 0.15) is 10.6 Å². The van der Waals surface area contributed by atoms with Gasteiger partial charge in [0, 0.05) is 17.7 Å². The van der Waals surface area contributed by atoms with Crippen molar-refractivity contribution in [3.63, 3.8) is 0 Å². The number of alkyl halides is 2. The van der Waals surface area contributed by atoms with Crippen molar-refractivity contribution >= 4 is 19.7 Å². The maximum atomic E-state index is 12.3. The first-order valence-electron chi connectivity index (χ1n) is 3.08. The zero-order valence-electron chi connectivity index (χ0n) is 6.41. The Morgan fingerprint density at radius 1 is 1.62 bits per heavy atom. The molecule has 0 atom stereocenters. The molecule has 0 aliphatic heterocycles. The van der Waals surface area contributed by atoms with Gasteiger partial charge < -0.3 is 0 Å². The van der Waals surface area contributed by atoms with E-state index in [-0.39, 0.29) is 0 Å². The highest BCUT2D eigenvalue weighted by Gasteiger charge is 2.25. The molecule has 13 heavy (non-hydrogen) atoms. The van der Waals surface area contributed by atoms with Crippen LogP contribution in [0.2, 0.25) is 0 Å². The Labute approximate surface area is 77.5 Å². The number of aryl methyl sites for hydroxylation is 1. The summed E-state index contributed by atoms with van der Waals surface area (Å²) in [6, 6.07) is 0. The lowest BCUT2D eigenvalue weighted by atomic mass is 10.4. The molecular formula is C5H5ClF2N2O2S. The minimum Gasteiger partial charge on any atom is -0.265 e. The van der Waals surface area contributed by atoms with Crippen molar-refractivity contribution in [2.45, 2.75) is 11.3 Å². The summed E-state index contributed by atoms with van der Waals surface area (Å²) in [6.07, 6.45) is -2.12. The van der Waals surface area contributed by atoms with Crippen molar-refractivity contribution in [2.24, 2.45) is 7.05 Å². The van der Waals surface area contributed by atoms with E-state index in [0.29, 0.717) is 0 Å². The minimum atomic E-state index is -4.15. The molecule has 4 nitrogen and oxygen atoms in total. The number of hydrogen-bond acceptors (Lipinski definition) is 3. The van der Waals surface area contributed by atoms with Gasteiger partial charge in [-0.15, -0.1) is 0 Å². The second-order valence-corrected chi connectivity index (χ2v) is 4.79. The van der Waals surface area contributed by atoms with E-state index in [4.69, 9.17) is 10.7 Å². The van der Waals surface area contributed by atoms with Crippen LogP contribution in [-0.2, 0) is 16.1 Å². The number of hydrogen-bond donors (Lipinski definition) is 0. The van der Waals surface area contributed by atoms with Gasteiger partial charge in [0.25, 0.3) is 15.5 Å². The summed E-state index contributed by atoms with van der Waals surface area (Å²) >= 11 is 0. The Kier molecular flexibility index (Phi) is 2.58. The molecule has 0 saturated heterocycles. The van der Waals surface area contributed by atoms with Crippen molar-refractivity contribution < 1.29 is 17.2 Å². The molecule has 0 aliphatic carbocycles. The Morgan fingerprint density at radius 2 is 2.15 bits per heavy atom. The summed E-state index contributed by atoms with van der Waals surface area (Å²) in [5.41, 5.74) is -0.699. The number of nitrogens with zero attached hydrogens (tertiary/aromatic N) is 2. The normalized spacial score (nSPS) is 12.4. The summed E-state index contributed by atoms with van der Waals surface area (Å²) in [4.78, 5) is -0.647. The predicted molar refractivity (Wildman–Crippen MR) is 41.2 cm³/mol. The number of halogens is 3. The van der Waals surface area contributed by atoms with E-state index in [9.17, 15) is 17.2 Å². The molecule has 0 saturated carbocycles. The lowest BCUT2D eigenvalue weighted by molar-refractivity contribution is 0.137. The third-order valence-corrected chi connectivity index (χ3v) is 2.76. The van der Waals surface area contributed by atoms with Crippen LogP contribution in [0.5, 0.6) is 0 Å². The van der Waals surface area contributed by atoms with Crippen LogP contribution < -0.4 is 0 Å². The smallest absolute Gasteiger partial charge is 0.265 e. The second kappa shape index (κ2) is 3.22. The molecule has 0 aromatic carbocycles. The van der Waals surface area contributed by atoms with Gasteiger partial charge in [-0.25, -0.2) is 17.2 Å². The van der Waals surface area contributed by atoms with E-state index >= 15 is 0 Å². The Morgan fingerprint density at radius 3 is 2.46 bits per heavy atom. The maximum absolute atomic E-state index is 12.3. The van der Waals surface area contributed by atoms with Gasteiger partial charge in [-0.3, -0.25) is 4.68 Å². The fraction of sp³-hybridized carbons (Fsp3) is 0.400. The first-order valence-corrected chi connectivity index (χ1v) is 5.39. The third kappa shape index (κ3) is 1.97. The van der Waals surface area contributed by atoms with Gasteiger partial charge >= 0.3 is 0 Å². The molecule has 0 bridgehead atoms. The van der Waals surface area contributed by atoms with Gasteiger partial charge in [0.15, 0.2) is 0 Å². The molecule has 1 rings (SSSR count). The van der Waals surface area contributed by atoms with Crippen molar-refractivity contribution in [2.75, 3.05) is 0 Å². The van der Waals surface area contributed by atoms with E-state index in [0.717, 1.165) is 10.9 Å². The van der Waals surface area contributed by atoms with Crippen LogP contribution in [-0.4, -0.2) is 18.2 Å². The lowest BCUT2D eigenvalue weighted by Crippen LogP contribution is -2.02. The summed E-state index contributed by atoms with van der Waals surface area (Å²) in [5.74, 6) is 0. The minimum absolute atomic E-state index is 0.647. The van der Waals surface area contributed by atoms with Crippen molar-refractivity contribution in [1.29, 1.82) is 0 Å². The van der Waals surface area contributed by atoms with Crippen LogP contribution in [0, 0.1) is 0 Å². The van der Waals surface area contributed by atoms with Crippen LogP contribution in [0.25, 0.3) is 0 Å².